The molecule has 0 bridgehead atoms. The normalized spacial score (nSPS) is 8.80. The average molecular weight is 228 g/mol. The van der Waals surface area contributed by atoms with Gasteiger partial charge in [-0.2, -0.15) is 0 Å². The Labute approximate surface area is 93.7 Å². The largest absolute Gasteiger partial charge is 0.349 e. The highest BCUT2D eigenvalue weighted by Gasteiger charge is 1.91. The molecule has 0 saturated heterocycles. The van der Waals surface area contributed by atoms with Crippen LogP contribution in [0, 0.1) is 13.8 Å². The number of aromatic nitrogens is 1. The van der Waals surface area contributed by atoms with E-state index in [9.17, 15) is 9.59 Å². The maximum absolute atomic E-state index is 10.1. The second-order valence-corrected chi connectivity index (χ2v) is 4.54. The van der Waals surface area contributed by atoms with E-state index in [2.05, 4.69) is 17.2 Å². The number of hydrogen-bond donors (Lipinski definition) is 1. The molecule has 1 aromatic rings. The van der Waals surface area contributed by atoms with Gasteiger partial charge in [0.1, 0.15) is 5.78 Å². The first-order chi connectivity index (χ1) is 6.91. The van der Waals surface area contributed by atoms with Crippen LogP contribution in [0.3, 0.4) is 0 Å². The van der Waals surface area contributed by atoms with Gasteiger partial charge in [-0.05, 0) is 20.8 Å². The molecule has 4 nitrogen and oxygen atoms in total. The maximum atomic E-state index is 10.1. The molecule has 0 aliphatic rings. The van der Waals surface area contributed by atoms with E-state index in [0.717, 1.165) is 5.01 Å². The number of thiazole rings is 1. The van der Waals surface area contributed by atoms with Crippen molar-refractivity contribution in [3.8, 4) is 0 Å². The van der Waals surface area contributed by atoms with Crippen LogP contribution >= 0.6 is 11.3 Å². The van der Waals surface area contributed by atoms with E-state index in [1.807, 2.05) is 13.1 Å². The van der Waals surface area contributed by atoms with Crippen LogP contribution in [0.5, 0.6) is 0 Å². The van der Waals surface area contributed by atoms with Crippen LogP contribution in [0.1, 0.15) is 23.7 Å². The molecule has 15 heavy (non-hydrogen) atoms. The third kappa shape index (κ3) is 9.08. The van der Waals surface area contributed by atoms with Crippen molar-refractivity contribution in [2.24, 2.45) is 0 Å². The summed E-state index contributed by atoms with van der Waals surface area (Å²) < 4.78 is 0. The Morgan fingerprint density at radius 3 is 2.13 bits per heavy atom. The van der Waals surface area contributed by atoms with Crippen LogP contribution in [0.2, 0.25) is 0 Å². The Morgan fingerprint density at radius 1 is 1.40 bits per heavy atom. The zero-order chi connectivity index (χ0) is 11.8. The fourth-order valence-corrected chi connectivity index (χ4v) is 1.39. The molecule has 0 fully saturated rings. The van der Waals surface area contributed by atoms with Gasteiger partial charge in [0.05, 0.1) is 11.6 Å². The molecule has 0 unspecified atom stereocenters. The molecule has 1 aromatic heterocycles. The van der Waals surface area contributed by atoms with Gasteiger partial charge >= 0.3 is 0 Å². The molecular formula is C10H16N2O2S. The molecule has 1 heterocycles. The molecule has 84 valence electrons. The van der Waals surface area contributed by atoms with E-state index in [0.29, 0.717) is 0 Å². The average Bonchev–Trinajstić information content (AvgIpc) is 2.47. The number of carbonyl (C=O) groups excluding carboxylic acids is 2. The highest BCUT2D eigenvalue weighted by Crippen LogP contribution is 2.07. The Kier molecular flexibility index (Phi) is 6.53. The molecule has 0 aromatic carbocycles. The lowest BCUT2D eigenvalue weighted by atomic mass is 10.4. The lowest BCUT2D eigenvalue weighted by Crippen LogP contribution is -2.25. The Balaban J connectivity index is 0.000000262. The lowest BCUT2D eigenvalue weighted by Gasteiger charge is -1.93. The third-order valence-corrected chi connectivity index (χ3v) is 2.15. The topological polar surface area (TPSA) is 59.1 Å². The van der Waals surface area contributed by atoms with Crippen molar-refractivity contribution in [2.75, 3.05) is 6.54 Å². The number of amides is 1. The summed E-state index contributed by atoms with van der Waals surface area (Å²) in [6, 6.07) is 0. The van der Waals surface area contributed by atoms with E-state index < -0.39 is 0 Å². The standard InChI is InChI=1S/C5H9NO2.C5H7NS/c1-4(7)3-6-5(2)8;1-4-3-6-5(2)7-4/h3H2,1-2H3,(H,6,8);3H,1-2H3. The number of rotatable bonds is 2. The summed E-state index contributed by atoms with van der Waals surface area (Å²) in [4.78, 5) is 25.5. The number of Topliss-reactive ketones (excluding diaryl/α,β-unsaturated/α-hetero) is 1. The highest BCUT2D eigenvalue weighted by molar-refractivity contribution is 7.11. The van der Waals surface area contributed by atoms with Crippen LogP contribution in [0.15, 0.2) is 6.20 Å². The van der Waals surface area contributed by atoms with E-state index >= 15 is 0 Å². The summed E-state index contributed by atoms with van der Waals surface area (Å²) in [6.45, 7) is 7.02. The van der Waals surface area contributed by atoms with E-state index in [1.165, 1.54) is 18.7 Å². The molecule has 5 heteroatoms. The van der Waals surface area contributed by atoms with E-state index in [-0.39, 0.29) is 18.2 Å². The zero-order valence-corrected chi connectivity index (χ0v) is 10.3. The number of hydrogen-bond acceptors (Lipinski definition) is 4. The minimum absolute atomic E-state index is 0.0276. The first-order valence-electron chi connectivity index (χ1n) is 4.54. The number of nitrogens with one attached hydrogen (secondary N) is 1. The van der Waals surface area contributed by atoms with Gasteiger partial charge in [0.2, 0.25) is 5.91 Å². The molecule has 0 aliphatic heterocycles. The Hall–Kier alpha value is -1.23. The second kappa shape index (κ2) is 7.11. The zero-order valence-electron chi connectivity index (χ0n) is 9.46. The van der Waals surface area contributed by atoms with Crippen molar-refractivity contribution in [2.45, 2.75) is 27.7 Å². The second-order valence-electron chi connectivity index (χ2n) is 3.10. The fourth-order valence-electron chi connectivity index (χ4n) is 0.716. The smallest absolute Gasteiger partial charge is 0.217 e. The molecule has 1 amide bonds. The SMILES string of the molecule is CC(=O)CNC(C)=O.Cc1cnc(C)s1. The first-order valence-corrected chi connectivity index (χ1v) is 5.36. The number of nitrogens with zero attached hydrogens (tertiary/aromatic N) is 1. The summed E-state index contributed by atoms with van der Waals surface area (Å²) in [5.74, 6) is -0.194. The van der Waals surface area contributed by atoms with Crippen molar-refractivity contribution in [1.82, 2.24) is 10.3 Å². The lowest BCUT2D eigenvalue weighted by molar-refractivity contribution is -0.123. The van der Waals surface area contributed by atoms with Gasteiger partial charge < -0.3 is 5.32 Å². The molecule has 0 radical (unpaired) electrons. The molecule has 0 spiro atoms. The van der Waals surface area contributed by atoms with Crippen molar-refractivity contribution in [1.29, 1.82) is 0 Å². The first kappa shape index (κ1) is 13.8. The van der Waals surface area contributed by atoms with Crippen molar-refractivity contribution >= 4 is 23.0 Å². The Morgan fingerprint density at radius 2 is 2.00 bits per heavy atom. The number of aryl methyl sites for hydroxylation is 2. The summed E-state index contributed by atoms with van der Waals surface area (Å²) in [5, 5.41) is 3.51. The van der Waals surface area contributed by atoms with Crippen LogP contribution < -0.4 is 5.32 Å². The van der Waals surface area contributed by atoms with Crippen LogP contribution in [0.25, 0.3) is 0 Å². The van der Waals surface area contributed by atoms with Crippen molar-refractivity contribution in [3.05, 3.63) is 16.1 Å². The fraction of sp³-hybridized carbons (Fsp3) is 0.500. The van der Waals surface area contributed by atoms with Gasteiger partial charge in [-0.15, -0.1) is 11.3 Å². The van der Waals surface area contributed by atoms with Gasteiger partial charge in [0.25, 0.3) is 0 Å². The van der Waals surface area contributed by atoms with Crippen LogP contribution in [0.4, 0.5) is 0 Å². The van der Waals surface area contributed by atoms with Crippen molar-refractivity contribution < 1.29 is 9.59 Å². The van der Waals surface area contributed by atoms with Gasteiger partial charge in [-0.1, -0.05) is 0 Å². The summed E-state index contributed by atoms with van der Waals surface area (Å²) in [5.41, 5.74) is 0. The minimum atomic E-state index is -0.166. The molecule has 1 rings (SSSR count). The molecule has 0 aliphatic carbocycles. The number of ketones is 1. The molecular weight excluding hydrogens is 212 g/mol. The molecule has 0 atom stereocenters. The quantitative estimate of drug-likeness (QED) is 0.834. The van der Waals surface area contributed by atoms with E-state index in [4.69, 9.17) is 0 Å². The van der Waals surface area contributed by atoms with Crippen LogP contribution in [-0.2, 0) is 9.59 Å². The van der Waals surface area contributed by atoms with Gasteiger partial charge in [0.15, 0.2) is 0 Å². The van der Waals surface area contributed by atoms with Gasteiger partial charge in [0, 0.05) is 18.0 Å². The van der Waals surface area contributed by atoms with Crippen LogP contribution in [-0.4, -0.2) is 23.2 Å². The van der Waals surface area contributed by atoms with E-state index in [1.54, 1.807) is 11.3 Å². The number of carbonyl (C=O) groups is 2. The Bertz CT molecular complexity index is 303. The molecule has 1 N–H and O–H groups in total. The minimum Gasteiger partial charge on any atom is -0.349 e. The maximum Gasteiger partial charge on any atom is 0.217 e. The monoisotopic (exact) mass is 228 g/mol. The van der Waals surface area contributed by atoms with Gasteiger partial charge in [-0.25, -0.2) is 4.98 Å². The summed E-state index contributed by atoms with van der Waals surface area (Å²) in [6.07, 6.45) is 1.89. The van der Waals surface area contributed by atoms with Crippen molar-refractivity contribution in [3.63, 3.8) is 0 Å². The predicted molar refractivity (Wildman–Crippen MR) is 61.0 cm³/mol. The predicted octanol–water partition coefficient (Wildman–Crippen LogP) is 1.47. The highest BCUT2D eigenvalue weighted by atomic mass is 32.1. The van der Waals surface area contributed by atoms with Gasteiger partial charge in [-0.3, -0.25) is 9.59 Å². The molecule has 0 saturated carbocycles. The summed E-state index contributed by atoms with van der Waals surface area (Å²) >= 11 is 1.73. The third-order valence-electron chi connectivity index (χ3n) is 1.32. The summed E-state index contributed by atoms with van der Waals surface area (Å²) in [7, 11) is 0.